The molecule has 0 amide bonds. The molecule has 4 rings (SSSR count). The number of methoxy groups -OCH3 is 1. The van der Waals surface area contributed by atoms with Crippen molar-refractivity contribution in [2.45, 2.75) is 44.2 Å². The minimum Gasteiger partial charge on any atom is -0.496 e. The maximum absolute atomic E-state index is 14.4. The van der Waals surface area contributed by atoms with E-state index in [2.05, 4.69) is 36.9 Å². The number of aromatic nitrogens is 2. The standard InChI is InChI=1S/C26H37F2N7O4S/c1-34-11-13-35(14-12-34)10-3-15-40(37,38)33-18-6-4-17(5-7-18)31-26-30-16-19(25(29)32-26)24(36)22-21(39-2)9-8-20(27)23(22)28/h8-9,16-18,33H,3-7,10-15H2,1-2H3,(H3,29,30,31,32)/t17-,18-. The number of likely N-dealkylation sites (N-methyl/N-ethyl adjacent to an activating group) is 1. The molecule has 11 nitrogen and oxygen atoms in total. The number of carbonyl (C=O) groups excluding carboxylic acids is 1. The summed E-state index contributed by atoms with van der Waals surface area (Å²) < 4.78 is 61.2. The molecule has 2 heterocycles. The van der Waals surface area contributed by atoms with Crippen molar-refractivity contribution in [1.29, 1.82) is 0 Å². The zero-order valence-corrected chi connectivity index (χ0v) is 23.6. The Morgan fingerprint density at radius 2 is 1.80 bits per heavy atom. The Balaban J connectivity index is 1.26. The van der Waals surface area contributed by atoms with E-state index in [1.165, 1.54) is 13.3 Å². The van der Waals surface area contributed by atoms with Crippen LogP contribution in [-0.2, 0) is 10.0 Å². The highest BCUT2D eigenvalue weighted by Gasteiger charge is 2.27. The van der Waals surface area contributed by atoms with Gasteiger partial charge in [-0.15, -0.1) is 0 Å². The number of carbonyl (C=O) groups is 1. The number of nitrogens with zero attached hydrogens (tertiary/aromatic N) is 4. The molecule has 1 aromatic carbocycles. The lowest BCUT2D eigenvalue weighted by Gasteiger charge is -2.32. The molecule has 0 atom stereocenters. The van der Waals surface area contributed by atoms with Crippen LogP contribution in [0.25, 0.3) is 0 Å². The van der Waals surface area contributed by atoms with E-state index >= 15 is 0 Å². The highest BCUT2D eigenvalue weighted by atomic mass is 32.2. The van der Waals surface area contributed by atoms with Crippen LogP contribution in [0.15, 0.2) is 18.3 Å². The van der Waals surface area contributed by atoms with Gasteiger partial charge in [-0.2, -0.15) is 4.98 Å². The number of sulfonamides is 1. The Hall–Kier alpha value is -2.94. The predicted molar refractivity (Wildman–Crippen MR) is 148 cm³/mol. The number of hydrogen-bond acceptors (Lipinski definition) is 10. The first-order valence-electron chi connectivity index (χ1n) is 13.4. The number of hydrogen-bond donors (Lipinski definition) is 3. The second-order valence-corrected chi connectivity index (χ2v) is 12.3. The molecule has 220 valence electrons. The van der Waals surface area contributed by atoms with Gasteiger partial charge in [0.1, 0.15) is 17.1 Å². The highest BCUT2D eigenvalue weighted by molar-refractivity contribution is 7.89. The molecule has 2 fully saturated rings. The van der Waals surface area contributed by atoms with E-state index in [1.807, 2.05) is 0 Å². The molecular formula is C26H37F2N7O4S. The Kier molecular flexibility index (Phi) is 9.87. The monoisotopic (exact) mass is 581 g/mol. The van der Waals surface area contributed by atoms with Gasteiger partial charge in [0.25, 0.3) is 0 Å². The SMILES string of the molecule is COc1ccc(F)c(F)c1C(=O)c1cnc(N[C@H]2CC[C@H](NS(=O)(=O)CCCN3CCN(C)CC3)CC2)nc1N. The third-order valence-electron chi connectivity index (χ3n) is 7.46. The van der Waals surface area contributed by atoms with Crippen LogP contribution in [0.2, 0.25) is 0 Å². The van der Waals surface area contributed by atoms with Crippen LogP contribution < -0.4 is 20.5 Å². The Bertz CT molecular complexity index is 1300. The molecule has 2 aromatic rings. The normalized spacial score (nSPS) is 20.8. The smallest absolute Gasteiger partial charge is 0.224 e. The van der Waals surface area contributed by atoms with Gasteiger partial charge in [-0.3, -0.25) is 4.79 Å². The van der Waals surface area contributed by atoms with Crippen molar-refractivity contribution in [3.05, 3.63) is 41.1 Å². The molecule has 0 bridgehead atoms. The summed E-state index contributed by atoms with van der Waals surface area (Å²) in [4.78, 5) is 25.8. The summed E-state index contributed by atoms with van der Waals surface area (Å²) in [5.74, 6) is -3.44. The van der Waals surface area contributed by atoms with E-state index in [0.717, 1.165) is 44.9 Å². The van der Waals surface area contributed by atoms with Gasteiger partial charge in [0, 0.05) is 44.5 Å². The summed E-state index contributed by atoms with van der Waals surface area (Å²) in [6, 6.07) is 1.88. The van der Waals surface area contributed by atoms with Crippen molar-refractivity contribution < 1.29 is 26.7 Å². The number of rotatable bonds is 11. The van der Waals surface area contributed by atoms with Crippen LogP contribution in [0.3, 0.4) is 0 Å². The molecule has 1 aromatic heterocycles. The summed E-state index contributed by atoms with van der Waals surface area (Å²) in [6.45, 7) is 4.73. The Morgan fingerprint density at radius 1 is 1.12 bits per heavy atom. The van der Waals surface area contributed by atoms with Gasteiger partial charge in [0.05, 0.1) is 18.4 Å². The summed E-state index contributed by atoms with van der Waals surface area (Å²) in [7, 11) is -0.0277. The third kappa shape index (κ3) is 7.62. The second kappa shape index (κ2) is 13.1. The highest BCUT2D eigenvalue weighted by Crippen LogP contribution is 2.28. The molecule has 1 saturated carbocycles. The molecule has 2 aliphatic rings. The Morgan fingerprint density at radius 3 is 2.45 bits per heavy atom. The lowest BCUT2D eigenvalue weighted by atomic mass is 9.92. The fourth-order valence-electron chi connectivity index (χ4n) is 5.09. The summed E-state index contributed by atoms with van der Waals surface area (Å²) >= 11 is 0. The van der Waals surface area contributed by atoms with Crippen molar-refractivity contribution in [3.8, 4) is 5.75 Å². The van der Waals surface area contributed by atoms with Gasteiger partial charge in [0.15, 0.2) is 11.6 Å². The number of nitrogen functional groups attached to an aromatic ring is 1. The molecule has 1 aliphatic heterocycles. The van der Waals surface area contributed by atoms with Crippen molar-refractivity contribution in [2.75, 3.05) is 63.7 Å². The van der Waals surface area contributed by atoms with Crippen LogP contribution >= 0.6 is 0 Å². The first kappa shape index (κ1) is 30.0. The van der Waals surface area contributed by atoms with Crippen molar-refractivity contribution in [3.63, 3.8) is 0 Å². The average Bonchev–Trinajstić information content (AvgIpc) is 2.92. The van der Waals surface area contributed by atoms with Gasteiger partial charge in [-0.1, -0.05) is 0 Å². The van der Waals surface area contributed by atoms with Gasteiger partial charge in [0.2, 0.25) is 21.8 Å². The van der Waals surface area contributed by atoms with E-state index < -0.39 is 33.0 Å². The van der Waals surface area contributed by atoms with Gasteiger partial charge < -0.3 is 25.6 Å². The zero-order chi connectivity index (χ0) is 28.9. The van der Waals surface area contributed by atoms with Crippen LogP contribution in [0.1, 0.15) is 48.0 Å². The third-order valence-corrected chi connectivity index (χ3v) is 8.97. The predicted octanol–water partition coefficient (Wildman–Crippen LogP) is 1.86. The molecule has 0 spiro atoms. The number of nitrogens with two attached hydrogens (primary N) is 1. The van der Waals surface area contributed by atoms with Crippen molar-refractivity contribution >= 4 is 27.6 Å². The summed E-state index contributed by atoms with van der Waals surface area (Å²) in [5, 5.41) is 3.17. The van der Waals surface area contributed by atoms with Gasteiger partial charge in [-0.25, -0.2) is 26.9 Å². The fraction of sp³-hybridized carbons (Fsp3) is 0.577. The van der Waals surface area contributed by atoms with Crippen LogP contribution in [0, 0.1) is 11.6 Å². The lowest BCUT2D eigenvalue weighted by Crippen LogP contribution is -2.45. The van der Waals surface area contributed by atoms with Gasteiger partial charge >= 0.3 is 0 Å². The van der Waals surface area contributed by atoms with E-state index in [9.17, 15) is 22.0 Å². The van der Waals surface area contributed by atoms with Crippen molar-refractivity contribution in [1.82, 2.24) is 24.5 Å². The summed E-state index contributed by atoms with van der Waals surface area (Å²) in [5.41, 5.74) is 5.21. The first-order chi connectivity index (χ1) is 19.1. The quantitative estimate of drug-likeness (QED) is 0.337. The molecule has 40 heavy (non-hydrogen) atoms. The number of piperazine rings is 1. The van der Waals surface area contributed by atoms with Crippen molar-refractivity contribution in [2.24, 2.45) is 0 Å². The second-order valence-electron chi connectivity index (χ2n) is 10.4. The molecule has 14 heteroatoms. The summed E-state index contributed by atoms with van der Waals surface area (Å²) in [6.07, 6.45) is 4.44. The molecule has 0 unspecified atom stereocenters. The molecule has 1 saturated heterocycles. The largest absolute Gasteiger partial charge is 0.496 e. The van der Waals surface area contributed by atoms with Gasteiger partial charge in [-0.05, 0) is 57.8 Å². The number of halogens is 2. The molecule has 4 N–H and O–H groups in total. The number of anilines is 2. The topological polar surface area (TPSA) is 143 Å². The van der Waals surface area contributed by atoms with E-state index in [1.54, 1.807) is 0 Å². The van der Waals surface area contributed by atoms with E-state index in [0.29, 0.717) is 32.1 Å². The molecule has 0 radical (unpaired) electrons. The number of ketones is 1. The van der Waals surface area contributed by atoms with Crippen LogP contribution in [0.5, 0.6) is 5.75 Å². The molecule has 1 aliphatic carbocycles. The maximum atomic E-state index is 14.4. The molecular weight excluding hydrogens is 544 g/mol. The fourth-order valence-corrected chi connectivity index (χ4v) is 6.46. The Labute approximate surface area is 233 Å². The van der Waals surface area contributed by atoms with Crippen LogP contribution in [-0.4, -0.2) is 98.7 Å². The maximum Gasteiger partial charge on any atom is 0.224 e. The lowest BCUT2D eigenvalue weighted by molar-refractivity contribution is 0.103. The zero-order valence-electron chi connectivity index (χ0n) is 22.8. The number of benzene rings is 1. The number of nitrogens with one attached hydrogen (secondary N) is 2. The average molecular weight is 582 g/mol. The van der Waals surface area contributed by atoms with Crippen LogP contribution in [0.4, 0.5) is 20.5 Å². The minimum absolute atomic E-state index is 0.0142. The van der Waals surface area contributed by atoms with E-state index in [-0.39, 0.29) is 40.9 Å². The minimum atomic E-state index is -3.36. The van der Waals surface area contributed by atoms with E-state index in [4.69, 9.17) is 10.5 Å². The first-order valence-corrected chi connectivity index (χ1v) is 15.1. The number of ether oxygens (including phenoxy) is 1.